The lowest BCUT2D eigenvalue weighted by Crippen LogP contribution is -2.30. The third kappa shape index (κ3) is 73.5. The molecule has 0 radical (unpaired) electrons. The van der Waals surface area contributed by atoms with Crippen molar-refractivity contribution < 1.29 is 80.2 Å². The molecule has 5 atom stereocenters. The van der Waals surface area contributed by atoms with E-state index in [0.29, 0.717) is 25.7 Å². The van der Waals surface area contributed by atoms with Crippen molar-refractivity contribution in [3.63, 3.8) is 0 Å². The predicted octanol–water partition coefficient (Wildman–Crippen LogP) is 22.9. The molecule has 0 aromatic heterocycles. The van der Waals surface area contributed by atoms with Crippen LogP contribution >= 0.6 is 15.6 Å². The Morgan fingerprint density at radius 1 is 0.284 bits per heavy atom. The molecule has 0 spiro atoms. The topological polar surface area (TPSA) is 237 Å². The van der Waals surface area contributed by atoms with Crippen molar-refractivity contribution >= 4 is 39.5 Å². The number of unbranched alkanes of at least 4 members (excludes halogenated alkanes) is 25. The standard InChI is InChI=1S/C83H140O17P2/c1-5-9-13-17-21-25-29-33-35-37-38-40-41-45-48-52-56-60-64-68-81(86)94-74-79(100-83(88)70-66-62-58-54-50-46-42-39-36-34-30-26-22-18-14-10-6-2)76-98-102(91,92)96-72-77(84)71-95-101(89,90)97-75-78(99-82(87)69-65-61-57-53-49-44-32-28-24-20-16-12-8-4)73-93-80(85)67-63-59-55-51-47-43-31-27-23-19-15-11-7-3/h9-10,13-16,19-22,25-28,31-36,38,40,77-79,84H,5-8,11-12,17-18,23-24,29-30,37,39,41-76H2,1-4H3,(H,89,90)(H,91,92)/b13-9-,14-10-,19-15-,20-16-,25-21-,26-22-,31-27-,32-28-,35-33-,36-34-,40-38-. The average molecular weight is 1470 g/mol. The summed E-state index contributed by atoms with van der Waals surface area (Å²) in [4.78, 5) is 73.0. The molecule has 19 heteroatoms. The maximum absolute atomic E-state index is 13.1. The number of ether oxygens (including phenoxy) is 4. The van der Waals surface area contributed by atoms with Crippen molar-refractivity contribution in [3.05, 3.63) is 134 Å². The van der Waals surface area contributed by atoms with Crippen LogP contribution in [0.4, 0.5) is 0 Å². The van der Waals surface area contributed by atoms with Gasteiger partial charge in [-0.05, 0) is 148 Å². The number of carbonyl (C=O) groups is 4. The molecule has 0 saturated heterocycles. The number of hydrogen-bond acceptors (Lipinski definition) is 15. The van der Waals surface area contributed by atoms with E-state index < -0.39 is 97.5 Å². The monoisotopic (exact) mass is 1470 g/mol. The molecule has 0 aliphatic heterocycles. The first kappa shape index (κ1) is 97.2. The average Bonchev–Trinajstić information content (AvgIpc) is 0.923. The molecule has 0 amide bonds. The van der Waals surface area contributed by atoms with Crippen LogP contribution < -0.4 is 0 Å². The van der Waals surface area contributed by atoms with Crippen molar-refractivity contribution in [3.8, 4) is 0 Å². The van der Waals surface area contributed by atoms with Crippen molar-refractivity contribution in [2.75, 3.05) is 39.6 Å². The Balaban J connectivity index is 5.38. The molecule has 0 heterocycles. The van der Waals surface area contributed by atoms with Gasteiger partial charge in [0.1, 0.15) is 19.3 Å². The number of aliphatic hydroxyl groups excluding tert-OH is 1. The minimum absolute atomic E-state index is 0.0732. The van der Waals surface area contributed by atoms with Crippen LogP contribution in [0.3, 0.4) is 0 Å². The van der Waals surface area contributed by atoms with Crippen LogP contribution in [0.2, 0.25) is 0 Å². The van der Waals surface area contributed by atoms with E-state index in [-0.39, 0.29) is 25.7 Å². The van der Waals surface area contributed by atoms with Crippen LogP contribution in [0.5, 0.6) is 0 Å². The lowest BCUT2D eigenvalue weighted by atomic mass is 10.1. The van der Waals surface area contributed by atoms with Gasteiger partial charge >= 0.3 is 39.5 Å². The molecule has 0 aromatic carbocycles. The highest BCUT2D eigenvalue weighted by Crippen LogP contribution is 2.45. The molecule has 0 bridgehead atoms. The zero-order valence-corrected chi connectivity index (χ0v) is 65.5. The first-order valence-electron chi connectivity index (χ1n) is 39.4. The van der Waals surface area contributed by atoms with Crippen LogP contribution in [-0.2, 0) is 65.4 Å². The SMILES string of the molecule is CC/C=C\C/C=C\C/C=C\C/C=C\CCCCCCCCC(=O)OCC(COP(=O)(O)OCC(O)COP(=O)(O)OCC(COC(=O)CCCCCCC/C=C\C/C=C\CCC)OC(=O)CCCCCCC/C=C\C/C=C\CCC)OC(=O)CCCCCCCCC/C=C\C/C=C\C/C=C\CC. The third-order valence-electron chi connectivity index (χ3n) is 16.0. The maximum Gasteiger partial charge on any atom is 0.472 e. The van der Waals surface area contributed by atoms with Gasteiger partial charge in [-0.3, -0.25) is 37.3 Å². The molecular weight excluding hydrogens is 1330 g/mol. The smallest absolute Gasteiger partial charge is 0.462 e. The predicted molar refractivity (Wildman–Crippen MR) is 418 cm³/mol. The summed E-state index contributed by atoms with van der Waals surface area (Å²) in [6, 6.07) is 0. The first-order valence-corrected chi connectivity index (χ1v) is 42.4. The summed E-state index contributed by atoms with van der Waals surface area (Å²) in [5.41, 5.74) is 0. The van der Waals surface area contributed by atoms with Gasteiger partial charge in [0, 0.05) is 25.7 Å². The lowest BCUT2D eigenvalue weighted by molar-refractivity contribution is -0.161. The van der Waals surface area contributed by atoms with E-state index in [0.717, 1.165) is 231 Å². The number of carbonyl (C=O) groups excluding carboxylic acids is 4. The van der Waals surface area contributed by atoms with Crippen LogP contribution in [0, 0.1) is 0 Å². The minimum Gasteiger partial charge on any atom is -0.462 e. The van der Waals surface area contributed by atoms with Crippen molar-refractivity contribution in [2.45, 2.75) is 329 Å². The van der Waals surface area contributed by atoms with Crippen molar-refractivity contribution in [1.82, 2.24) is 0 Å². The third-order valence-corrected chi connectivity index (χ3v) is 17.9. The summed E-state index contributed by atoms with van der Waals surface area (Å²) in [6.45, 7) is 4.47. The van der Waals surface area contributed by atoms with Gasteiger partial charge in [0.15, 0.2) is 12.2 Å². The molecule has 0 fully saturated rings. The summed E-state index contributed by atoms with van der Waals surface area (Å²) < 4.78 is 68.5. The molecule has 0 aliphatic carbocycles. The Bertz CT molecular complexity index is 2460. The fourth-order valence-electron chi connectivity index (χ4n) is 10.1. The largest absolute Gasteiger partial charge is 0.472 e. The zero-order valence-electron chi connectivity index (χ0n) is 63.7. The van der Waals surface area contributed by atoms with Gasteiger partial charge < -0.3 is 33.8 Å². The molecule has 3 N–H and O–H groups in total. The molecule has 102 heavy (non-hydrogen) atoms. The molecule has 0 aromatic rings. The van der Waals surface area contributed by atoms with E-state index in [1.54, 1.807) is 0 Å². The second-order valence-electron chi connectivity index (χ2n) is 25.9. The number of phosphoric acid groups is 2. The Morgan fingerprint density at radius 2 is 0.510 bits per heavy atom. The molecule has 17 nitrogen and oxygen atoms in total. The van der Waals surface area contributed by atoms with E-state index in [9.17, 15) is 43.2 Å². The Labute approximate surface area is 618 Å². The van der Waals surface area contributed by atoms with Crippen LogP contribution in [0.1, 0.15) is 310 Å². The van der Waals surface area contributed by atoms with Gasteiger partial charge in [-0.1, -0.05) is 271 Å². The summed E-state index contributed by atoms with van der Waals surface area (Å²) in [6.07, 6.45) is 82.9. The fourth-order valence-corrected chi connectivity index (χ4v) is 11.7. The number of esters is 4. The summed E-state index contributed by atoms with van der Waals surface area (Å²) in [5, 5.41) is 10.6. The van der Waals surface area contributed by atoms with Gasteiger partial charge in [0.05, 0.1) is 26.4 Å². The number of allylic oxidation sites excluding steroid dienone is 22. The van der Waals surface area contributed by atoms with Gasteiger partial charge in [-0.2, -0.15) is 0 Å². The van der Waals surface area contributed by atoms with Crippen LogP contribution in [0.25, 0.3) is 0 Å². The van der Waals surface area contributed by atoms with Crippen molar-refractivity contribution in [1.29, 1.82) is 0 Å². The maximum atomic E-state index is 13.1. The molecule has 0 saturated carbocycles. The molecule has 0 rings (SSSR count). The normalized spacial score (nSPS) is 14.6. The molecule has 584 valence electrons. The van der Waals surface area contributed by atoms with Gasteiger partial charge in [-0.25, -0.2) is 9.13 Å². The number of phosphoric ester groups is 2. The summed E-state index contributed by atoms with van der Waals surface area (Å²) in [7, 11) is -9.97. The van der Waals surface area contributed by atoms with Crippen molar-refractivity contribution in [2.24, 2.45) is 0 Å². The highest BCUT2D eigenvalue weighted by Gasteiger charge is 2.30. The van der Waals surface area contributed by atoms with E-state index >= 15 is 0 Å². The Morgan fingerprint density at radius 3 is 0.784 bits per heavy atom. The van der Waals surface area contributed by atoms with Gasteiger partial charge in [0.25, 0.3) is 0 Å². The second-order valence-corrected chi connectivity index (χ2v) is 28.8. The molecular formula is C83H140O17P2. The molecule has 5 unspecified atom stereocenters. The Kier molecular flexibility index (Phi) is 71.0. The minimum atomic E-state index is -4.99. The zero-order chi connectivity index (χ0) is 74.6. The van der Waals surface area contributed by atoms with Gasteiger partial charge in [-0.15, -0.1) is 0 Å². The van der Waals surface area contributed by atoms with Gasteiger partial charge in [0.2, 0.25) is 0 Å². The van der Waals surface area contributed by atoms with E-state index in [4.69, 9.17) is 37.0 Å². The van der Waals surface area contributed by atoms with E-state index in [1.165, 1.54) is 0 Å². The van der Waals surface area contributed by atoms with Crippen LogP contribution in [0.15, 0.2) is 134 Å². The van der Waals surface area contributed by atoms with E-state index in [1.807, 2.05) is 0 Å². The second kappa shape index (κ2) is 74.5. The summed E-state index contributed by atoms with van der Waals surface area (Å²) in [5.74, 6) is -2.23. The molecule has 0 aliphatic rings. The van der Waals surface area contributed by atoms with Crippen LogP contribution in [-0.4, -0.2) is 96.7 Å². The summed E-state index contributed by atoms with van der Waals surface area (Å²) >= 11 is 0. The highest BCUT2D eigenvalue weighted by molar-refractivity contribution is 7.47. The first-order chi connectivity index (χ1) is 49.7. The van der Waals surface area contributed by atoms with E-state index in [2.05, 4.69) is 161 Å². The Hall–Kier alpha value is -4.80. The highest BCUT2D eigenvalue weighted by atomic mass is 31.2. The number of rotatable bonds is 73. The number of hydrogen-bond donors (Lipinski definition) is 3. The quantitative estimate of drug-likeness (QED) is 0.0169. The number of aliphatic hydroxyl groups is 1. The lowest BCUT2D eigenvalue weighted by Gasteiger charge is -2.21. The fraction of sp³-hybridized carbons (Fsp3) is 0.687.